The van der Waals surface area contributed by atoms with Crippen LogP contribution in [0.5, 0.6) is 5.75 Å². The molecule has 0 saturated carbocycles. The van der Waals surface area contributed by atoms with E-state index in [1.807, 2.05) is 13.0 Å². The smallest absolute Gasteiger partial charge is 0.306 e. The van der Waals surface area contributed by atoms with Crippen molar-refractivity contribution in [2.24, 2.45) is 11.3 Å². The Hall–Kier alpha value is -3.61. The molecular formula is C33H34F4O3. The van der Waals surface area contributed by atoms with Crippen LogP contribution in [0.1, 0.15) is 81.6 Å². The molecule has 1 aliphatic carbocycles. The van der Waals surface area contributed by atoms with E-state index < -0.39 is 35.9 Å². The average molecular weight is 555 g/mol. The Balaban J connectivity index is 1.71. The van der Waals surface area contributed by atoms with Gasteiger partial charge in [-0.15, -0.1) is 0 Å². The standard InChI is InChI=1S/C33H34F4O3/c1-5-22(19(2)32(38)39)24-8-6-10-29(30(24)35)40-18-20-11-13-23(25(16-20)27-9-7-15-33(27,3)4)26-17-21(31(36)37)12-14-28(26)34/h6,8-14,16-17,19,22,31H,5,7,15,18H2,1-4H3,(H,38,39)/t19?,22-/m0/s1. The van der Waals surface area contributed by atoms with Crippen molar-refractivity contribution in [1.29, 1.82) is 0 Å². The second-order valence-corrected chi connectivity index (χ2v) is 11.0. The molecular weight excluding hydrogens is 520 g/mol. The summed E-state index contributed by atoms with van der Waals surface area (Å²) in [6.07, 6.45) is 1.55. The quantitative estimate of drug-likeness (QED) is 0.254. The van der Waals surface area contributed by atoms with Crippen LogP contribution in [0, 0.1) is 23.0 Å². The summed E-state index contributed by atoms with van der Waals surface area (Å²) < 4.78 is 63.2. The highest BCUT2D eigenvalue weighted by Crippen LogP contribution is 2.47. The molecule has 0 fully saturated rings. The number of hydrogen-bond donors (Lipinski definition) is 1. The fourth-order valence-electron chi connectivity index (χ4n) is 5.59. The molecule has 0 aromatic heterocycles. The van der Waals surface area contributed by atoms with Crippen molar-refractivity contribution >= 4 is 11.5 Å². The number of rotatable bonds is 10. The number of allylic oxidation sites excluding steroid dienone is 2. The summed E-state index contributed by atoms with van der Waals surface area (Å²) in [7, 11) is 0. The highest BCUT2D eigenvalue weighted by Gasteiger charge is 2.31. The first kappa shape index (κ1) is 29.4. The van der Waals surface area contributed by atoms with E-state index in [-0.39, 0.29) is 34.5 Å². The number of alkyl halides is 2. The maximum atomic E-state index is 15.5. The van der Waals surface area contributed by atoms with Gasteiger partial charge in [0.2, 0.25) is 0 Å². The van der Waals surface area contributed by atoms with Crippen molar-refractivity contribution in [2.45, 2.75) is 65.9 Å². The highest BCUT2D eigenvalue weighted by molar-refractivity contribution is 5.85. The first-order chi connectivity index (χ1) is 18.9. The number of hydrogen-bond acceptors (Lipinski definition) is 2. The molecule has 7 heteroatoms. The second-order valence-electron chi connectivity index (χ2n) is 11.0. The van der Waals surface area contributed by atoms with Gasteiger partial charge in [-0.1, -0.05) is 64.1 Å². The number of carboxylic acid groups (broad SMARTS) is 1. The van der Waals surface area contributed by atoms with Crippen LogP contribution in [-0.4, -0.2) is 11.1 Å². The molecule has 0 aliphatic heterocycles. The van der Waals surface area contributed by atoms with Gasteiger partial charge in [-0.25, -0.2) is 17.6 Å². The Morgan fingerprint density at radius 2 is 1.77 bits per heavy atom. The average Bonchev–Trinajstić information content (AvgIpc) is 3.27. The molecule has 1 aliphatic rings. The van der Waals surface area contributed by atoms with Crippen molar-refractivity contribution in [3.05, 3.63) is 94.6 Å². The molecule has 40 heavy (non-hydrogen) atoms. The highest BCUT2D eigenvalue weighted by atomic mass is 19.3. The molecule has 1 N–H and O–H groups in total. The Bertz CT molecular complexity index is 1430. The van der Waals surface area contributed by atoms with Gasteiger partial charge in [0.25, 0.3) is 6.43 Å². The number of carbonyl (C=O) groups is 1. The number of ether oxygens (including phenoxy) is 1. The summed E-state index contributed by atoms with van der Waals surface area (Å²) in [5.74, 6) is -3.45. The maximum absolute atomic E-state index is 15.5. The van der Waals surface area contributed by atoms with E-state index in [1.54, 1.807) is 31.2 Å². The summed E-state index contributed by atoms with van der Waals surface area (Å²) >= 11 is 0. The van der Waals surface area contributed by atoms with E-state index in [9.17, 15) is 23.1 Å². The molecule has 3 aromatic carbocycles. The molecule has 0 bridgehead atoms. The maximum Gasteiger partial charge on any atom is 0.306 e. The van der Waals surface area contributed by atoms with Crippen molar-refractivity contribution in [1.82, 2.24) is 0 Å². The third-order valence-electron chi connectivity index (χ3n) is 7.97. The number of halogens is 4. The molecule has 3 nitrogen and oxygen atoms in total. The van der Waals surface area contributed by atoms with Crippen LogP contribution in [-0.2, 0) is 11.4 Å². The van der Waals surface area contributed by atoms with Crippen molar-refractivity contribution < 1.29 is 32.2 Å². The third-order valence-corrected chi connectivity index (χ3v) is 7.97. The van der Waals surface area contributed by atoms with Gasteiger partial charge in [0, 0.05) is 11.1 Å². The van der Waals surface area contributed by atoms with Gasteiger partial charge in [0.05, 0.1) is 5.92 Å². The summed E-state index contributed by atoms with van der Waals surface area (Å²) in [6.45, 7) is 7.57. The molecule has 4 rings (SSSR count). The number of carboxylic acids is 1. The van der Waals surface area contributed by atoms with Gasteiger partial charge in [0.15, 0.2) is 11.6 Å². The Morgan fingerprint density at radius 1 is 1.02 bits per heavy atom. The van der Waals surface area contributed by atoms with Gasteiger partial charge in [-0.2, -0.15) is 0 Å². The van der Waals surface area contributed by atoms with Crippen molar-refractivity contribution in [2.75, 3.05) is 0 Å². The topological polar surface area (TPSA) is 46.5 Å². The predicted molar refractivity (Wildman–Crippen MR) is 148 cm³/mol. The number of aliphatic carboxylic acids is 1. The SMILES string of the molecule is CC[C@H](c1cccc(OCc2ccc(-c3cc(C(F)F)ccc3F)c(C3=CCCC3(C)C)c2)c1F)C(C)C(=O)O. The van der Waals surface area contributed by atoms with Crippen LogP contribution in [0.2, 0.25) is 0 Å². The lowest BCUT2D eigenvalue weighted by Crippen LogP contribution is -2.19. The normalized spacial score (nSPS) is 16.1. The van der Waals surface area contributed by atoms with Crippen LogP contribution < -0.4 is 4.74 Å². The van der Waals surface area contributed by atoms with Crippen LogP contribution in [0.3, 0.4) is 0 Å². The first-order valence-corrected chi connectivity index (χ1v) is 13.5. The Kier molecular flexibility index (Phi) is 8.71. The monoisotopic (exact) mass is 554 g/mol. The molecule has 0 saturated heterocycles. The minimum absolute atomic E-state index is 0.00614. The minimum Gasteiger partial charge on any atom is -0.486 e. The van der Waals surface area contributed by atoms with E-state index in [0.29, 0.717) is 17.5 Å². The largest absolute Gasteiger partial charge is 0.486 e. The van der Waals surface area contributed by atoms with Crippen LogP contribution >= 0.6 is 0 Å². The zero-order chi connectivity index (χ0) is 29.2. The van der Waals surface area contributed by atoms with E-state index >= 15 is 4.39 Å². The third kappa shape index (κ3) is 5.93. The molecule has 0 radical (unpaired) electrons. The van der Waals surface area contributed by atoms with E-state index in [4.69, 9.17) is 4.74 Å². The lowest BCUT2D eigenvalue weighted by atomic mass is 9.79. The van der Waals surface area contributed by atoms with Gasteiger partial charge < -0.3 is 9.84 Å². The molecule has 2 atom stereocenters. The lowest BCUT2D eigenvalue weighted by Gasteiger charge is -2.26. The minimum atomic E-state index is -2.73. The molecule has 0 heterocycles. The van der Waals surface area contributed by atoms with Crippen LogP contribution in [0.25, 0.3) is 16.7 Å². The molecule has 0 spiro atoms. The van der Waals surface area contributed by atoms with Crippen molar-refractivity contribution in [3.8, 4) is 16.9 Å². The van der Waals surface area contributed by atoms with E-state index in [1.165, 1.54) is 12.1 Å². The Morgan fingerprint density at radius 3 is 2.40 bits per heavy atom. The molecule has 3 aromatic rings. The summed E-state index contributed by atoms with van der Waals surface area (Å²) in [6, 6.07) is 13.4. The van der Waals surface area contributed by atoms with Crippen LogP contribution in [0.4, 0.5) is 17.6 Å². The zero-order valence-electron chi connectivity index (χ0n) is 23.1. The lowest BCUT2D eigenvalue weighted by molar-refractivity contribution is -0.141. The van der Waals surface area contributed by atoms with Gasteiger partial charge in [-0.05, 0) is 82.7 Å². The van der Waals surface area contributed by atoms with Gasteiger partial charge >= 0.3 is 5.97 Å². The van der Waals surface area contributed by atoms with Gasteiger partial charge in [-0.3, -0.25) is 4.79 Å². The molecule has 212 valence electrons. The second kappa shape index (κ2) is 11.9. The Labute approximate surface area is 232 Å². The number of benzene rings is 3. The van der Waals surface area contributed by atoms with Crippen molar-refractivity contribution in [3.63, 3.8) is 0 Å². The molecule has 1 unspecified atom stereocenters. The first-order valence-electron chi connectivity index (χ1n) is 13.5. The van der Waals surface area contributed by atoms with Gasteiger partial charge in [0.1, 0.15) is 12.4 Å². The zero-order valence-corrected chi connectivity index (χ0v) is 23.1. The fourth-order valence-corrected chi connectivity index (χ4v) is 5.59. The summed E-state index contributed by atoms with van der Waals surface area (Å²) in [4.78, 5) is 11.6. The van der Waals surface area contributed by atoms with E-state index in [2.05, 4.69) is 19.9 Å². The summed E-state index contributed by atoms with van der Waals surface area (Å²) in [5.41, 5.74) is 2.85. The molecule has 0 amide bonds. The predicted octanol–water partition coefficient (Wildman–Crippen LogP) is 9.57. The summed E-state index contributed by atoms with van der Waals surface area (Å²) in [5, 5.41) is 9.46. The van der Waals surface area contributed by atoms with E-state index in [0.717, 1.165) is 36.1 Å². The van der Waals surface area contributed by atoms with Crippen LogP contribution in [0.15, 0.2) is 60.7 Å². The fraction of sp³-hybridized carbons (Fsp3) is 0.364.